The average Bonchev–Trinajstić information content (AvgIpc) is 2.45. The number of benzene rings is 2. The fraction of sp³-hybridized carbons (Fsp3) is 0.222. The lowest BCUT2D eigenvalue weighted by Crippen LogP contribution is -2.24. The fourth-order valence-electron chi connectivity index (χ4n) is 2.21. The first-order valence-corrected chi connectivity index (χ1v) is 7.28. The Bertz CT molecular complexity index is 806. The Hall–Kier alpha value is -3.02. The van der Waals surface area contributed by atoms with Gasteiger partial charge in [-0.2, -0.15) is 0 Å². The molecule has 0 unspecified atom stereocenters. The van der Waals surface area contributed by atoms with Gasteiger partial charge in [-0.15, -0.1) is 0 Å². The van der Waals surface area contributed by atoms with Crippen molar-refractivity contribution in [3.05, 3.63) is 47.5 Å². The minimum atomic E-state index is -1.23. The largest absolute Gasteiger partial charge is 0.507 e. The first kappa shape index (κ1) is 17.3. The summed E-state index contributed by atoms with van der Waals surface area (Å²) in [6.07, 6.45) is 0. The number of carboxylic acid groups (broad SMARTS) is 1. The number of hydrogen-bond donors (Lipinski definition) is 3. The maximum absolute atomic E-state index is 12.2. The third-order valence-electron chi connectivity index (χ3n) is 3.26. The molecule has 0 fully saturated rings. The van der Waals surface area contributed by atoms with Crippen LogP contribution in [0.4, 0.5) is 5.69 Å². The van der Waals surface area contributed by atoms with Crippen LogP contribution in [0, 0.1) is 0 Å². The minimum absolute atomic E-state index is 0.203. The highest BCUT2D eigenvalue weighted by Crippen LogP contribution is 2.32. The SMILES string of the molecule is CC(C)(C)OC(=O)c1cccc(-c2ccc(C(=O)O)c(O)c2)c1N. The summed E-state index contributed by atoms with van der Waals surface area (Å²) in [4.78, 5) is 23.2. The van der Waals surface area contributed by atoms with E-state index in [1.807, 2.05) is 0 Å². The molecule has 0 aliphatic rings. The molecule has 0 amide bonds. The molecule has 0 heterocycles. The van der Waals surface area contributed by atoms with Crippen molar-refractivity contribution in [3.8, 4) is 16.9 Å². The number of carbonyl (C=O) groups is 2. The quantitative estimate of drug-likeness (QED) is 0.589. The molecule has 24 heavy (non-hydrogen) atoms. The van der Waals surface area contributed by atoms with Gasteiger partial charge in [-0.25, -0.2) is 9.59 Å². The van der Waals surface area contributed by atoms with Gasteiger partial charge in [0.05, 0.1) is 11.3 Å². The van der Waals surface area contributed by atoms with Gasteiger partial charge in [-0.1, -0.05) is 18.2 Å². The van der Waals surface area contributed by atoms with E-state index >= 15 is 0 Å². The van der Waals surface area contributed by atoms with Gasteiger partial charge in [-0.05, 0) is 44.5 Å². The van der Waals surface area contributed by atoms with E-state index in [0.29, 0.717) is 11.1 Å². The number of rotatable bonds is 3. The number of anilines is 1. The second-order valence-corrected chi connectivity index (χ2v) is 6.31. The van der Waals surface area contributed by atoms with E-state index in [-0.39, 0.29) is 22.6 Å². The average molecular weight is 329 g/mol. The Balaban J connectivity index is 2.46. The summed E-state index contributed by atoms with van der Waals surface area (Å²) in [5, 5.41) is 18.8. The highest BCUT2D eigenvalue weighted by Gasteiger charge is 2.21. The summed E-state index contributed by atoms with van der Waals surface area (Å²) in [5.74, 6) is -2.15. The van der Waals surface area contributed by atoms with Crippen molar-refractivity contribution in [2.75, 3.05) is 5.73 Å². The van der Waals surface area contributed by atoms with Crippen LogP contribution in [0.25, 0.3) is 11.1 Å². The summed E-state index contributed by atoms with van der Waals surface area (Å²) >= 11 is 0. The van der Waals surface area contributed by atoms with Crippen LogP contribution in [0.15, 0.2) is 36.4 Å². The summed E-state index contributed by atoms with van der Waals surface area (Å²) in [7, 11) is 0. The molecule has 0 aromatic heterocycles. The van der Waals surface area contributed by atoms with Gasteiger partial charge in [-0.3, -0.25) is 0 Å². The van der Waals surface area contributed by atoms with Crippen molar-refractivity contribution in [1.82, 2.24) is 0 Å². The molecule has 0 aliphatic heterocycles. The van der Waals surface area contributed by atoms with Gasteiger partial charge in [0.15, 0.2) is 0 Å². The van der Waals surface area contributed by atoms with Gasteiger partial charge in [0.1, 0.15) is 16.9 Å². The Labute approximate surface area is 139 Å². The standard InChI is InChI=1S/C18H19NO5/c1-18(2,3)24-17(23)13-6-4-5-11(15(13)19)10-7-8-12(16(21)22)14(20)9-10/h4-9,20H,19H2,1-3H3,(H,21,22). The Morgan fingerprint density at radius 3 is 2.29 bits per heavy atom. The predicted molar refractivity (Wildman–Crippen MR) is 90.1 cm³/mol. The van der Waals surface area contributed by atoms with Crippen molar-refractivity contribution in [1.29, 1.82) is 0 Å². The highest BCUT2D eigenvalue weighted by molar-refractivity contribution is 6.00. The first-order chi connectivity index (χ1) is 11.1. The summed E-state index contributed by atoms with van der Waals surface area (Å²) in [6.45, 7) is 5.27. The van der Waals surface area contributed by atoms with Crippen LogP contribution in [-0.4, -0.2) is 27.8 Å². The van der Waals surface area contributed by atoms with E-state index in [1.165, 1.54) is 18.2 Å². The fourth-order valence-corrected chi connectivity index (χ4v) is 2.21. The maximum Gasteiger partial charge on any atom is 0.340 e. The van der Waals surface area contributed by atoms with Crippen LogP contribution < -0.4 is 5.73 Å². The Kier molecular flexibility index (Phi) is 4.50. The molecule has 6 nitrogen and oxygen atoms in total. The number of carboxylic acids is 1. The predicted octanol–water partition coefficient (Wildman–Crippen LogP) is 3.29. The van der Waals surface area contributed by atoms with Crippen molar-refractivity contribution in [2.24, 2.45) is 0 Å². The second-order valence-electron chi connectivity index (χ2n) is 6.31. The lowest BCUT2D eigenvalue weighted by atomic mass is 9.98. The molecule has 0 aliphatic carbocycles. The molecule has 2 aromatic rings. The molecule has 6 heteroatoms. The van der Waals surface area contributed by atoms with Crippen LogP contribution in [0.5, 0.6) is 5.75 Å². The molecule has 2 rings (SSSR count). The number of nitrogen functional groups attached to an aromatic ring is 1. The highest BCUT2D eigenvalue weighted by atomic mass is 16.6. The molecular weight excluding hydrogens is 310 g/mol. The number of carbonyl (C=O) groups excluding carboxylic acids is 1. The minimum Gasteiger partial charge on any atom is -0.507 e. The molecule has 0 radical (unpaired) electrons. The lowest BCUT2D eigenvalue weighted by molar-refractivity contribution is 0.00706. The van der Waals surface area contributed by atoms with Crippen LogP contribution in [0.1, 0.15) is 41.5 Å². The molecule has 0 saturated carbocycles. The lowest BCUT2D eigenvalue weighted by Gasteiger charge is -2.20. The summed E-state index contributed by atoms with van der Waals surface area (Å²) in [5.41, 5.74) is 6.65. The topological polar surface area (TPSA) is 110 Å². The number of nitrogens with two attached hydrogens (primary N) is 1. The third kappa shape index (κ3) is 3.65. The normalized spacial score (nSPS) is 11.1. The van der Waals surface area contributed by atoms with Gasteiger partial charge >= 0.3 is 11.9 Å². The molecule has 0 saturated heterocycles. The van der Waals surface area contributed by atoms with E-state index in [1.54, 1.807) is 39.0 Å². The zero-order valence-electron chi connectivity index (χ0n) is 13.7. The maximum atomic E-state index is 12.2. The number of esters is 1. The van der Waals surface area contributed by atoms with Crippen molar-refractivity contribution in [3.63, 3.8) is 0 Å². The summed E-state index contributed by atoms with van der Waals surface area (Å²) in [6, 6.07) is 8.98. The second kappa shape index (κ2) is 6.23. The first-order valence-electron chi connectivity index (χ1n) is 7.28. The molecule has 0 bridgehead atoms. The molecule has 0 spiro atoms. The molecular formula is C18H19NO5. The zero-order valence-corrected chi connectivity index (χ0v) is 13.7. The number of para-hydroxylation sites is 1. The van der Waals surface area contributed by atoms with Gasteiger partial charge in [0.2, 0.25) is 0 Å². The zero-order chi connectivity index (χ0) is 18.1. The van der Waals surface area contributed by atoms with Crippen molar-refractivity contribution < 1.29 is 24.5 Å². The van der Waals surface area contributed by atoms with Gasteiger partial charge < -0.3 is 20.7 Å². The molecule has 0 atom stereocenters. The Morgan fingerprint density at radius 1 is 1.08 bits per heavy atom. The van der Waals surface area contributed by atoms with E-state index < -0.39 is 17.5 Å². The van der Waals surface area contributed by atoms with Crippen LogP contribution in [-0.2, 0) is 4.74 Å². The molecule has 2 aromatic carbocycles. The number of ether oxygens (including phenoxy) is 1. The van der Waals surface area contributed by atoms with E-state index in [9.17, 15) is 14.7 Å². The number of aromatic carboxylic acids is 1. The summed E-state index contributed by atoms with van der Waals surface area (Å²) < 4.78 is 5.32. The molecule has 126 valence electrons. The van der Waals surface area contributed by atoms with Gasteiger partial charge in [0.25, 0.3) is 0 Å². The van der Waals surface area contributed by atoms with E-state index in [4.69, 9.17) is 15.6 Å². The van der Waals surface area contributed by atoms with Gasteiger partial charge in [0, 0.05) is 5.56 Å². The van der Waals surface area contributed by atoms with Crippen LogP contribution >= 0.6 is 0 Å². The number of phenols is 1. The molecule has 4 N–H and O–H groups in total. The van der Waals surface area contributed by atoms with Crippen LogP contribution in [0.3, 0.4) is 0 Å². The third-order valence-corrected chi connectivity index (χ3v) is 3.26. The van der Waals surface area contributed by atoms with E-state index in [0.717, 1.165) is 0 Å². The van der Waals surface area contributed by atoms with Crippen molar-refractivity contribution in [2.45, 2.75) is 26.4 Å². The number of hydrogen-bond acceptors (Lipinski definition) is 5. The monoisotopic (exact) mass is 329 g/mol. The van der Waals surface area contributed by atoms with Crippen LogP contribution in [0.2, 0.25) is 0 Å². The smallest absolute Gasteiger partial charge is 0.340 e. The van der Waals surface area contributed by atoms with E-state index in [2.05, 4.69) is 0 Å². The van der Waals surface area contributed by atoms with Crippen molar-refractivity contribution >= 4 is 17.6 Å². The Morgan fingerprint density at radius 2 is 1.75 bits per heavy atom. The number of aromatic hydroxyl groups is 1.